The van der Waals surface area contributed by atoms with Crippen LogP contribution in [0.2, 0.25) is 0 Å². The summed E-state index contributed by atoms with van der Waals surface area (Å²) in [6.07, 6.45) is 3.29. The number of hydrogen-bond donors (Lipinski definition) is 1. The van der Waals surface area contributed by atoms with Crippen molar-refractivity contribution in [2.75, 3.05) is 14.2 Å². The van der Waals surface area contributed by atoms with Crippen molar-refractivity contribution in [3.63, 3.8) is 0 Å². The fourth-order valence-corrected chi connectivity index (χ4v) is 5.11. The third kappa shape index (κ3) is 3.87. The standard InChI is InChI=1S/C21H32O4.C2H6/c1-7-11-20(18-15(4)8-9-17(24-5)19(18)23)13-16(22)10-12-21(20,25-6)14(2)3;1-2/h8-9,14,23H,7,10-13H2,1-6H3;1-2H3. The molecule has 0 radical (unpaired) electrons. The highest BCUT2D eigenvalue weighted by Gasteiger charge is 2.58. The maximum absolute atomic E-state index is 12.6. The minimum absolute atomic E-state index is 0.146. The van der Waals surface area contributed by atoms with Crippen molar-refractivity contribution in [2.45, 2.75) is 84.7 Å². The van der Waals surface area contributed by atoms with E-state index in [1.807, 2.05) is 26.8 Å². The zero-order valence-corrected chi connectivity index (χ0v) is 18.4. The van der Waals surface area contributed by atoms with E-state index in [9.17, 15) is 9.90 Å². The molecule has 2 unspecified atom stereocenters. The average molecular weight is 379 g/mol. The molecular weight excluding hydrogens is 340 g/mol. The Balaban J connectivity index is 0.00000176. The third-order valence-corrected chi connectivity index (χ3v) is 6.11. The van der Waals surface area contributed by atoms with Crippen LogP contribution in [-0.4, -0.2) is 30.7 Å². The summed E-state index contributed by atoms with van der Waals surface area (Å²) in [5.74, 6) is 1.04. The van der Waals surface area contributed by atoms with Crippen LogP contribution < -0.4 is 4.74 Å². The highest BCUT2D eigenvalue weighted by molar-refractivity contribution is 5.82. The first-order valence-electron chi connectivity index (χ1n) is 10.2. The van der Waals surface area contributed by atoms with Gasteiger partial charge in [0.2, 0.25) is 0 Å². The van der Waals surface area contributed by atoms with Gasteiger partial charge in [-0.25, -0.2) is 0 Å². The number of ether oxygens (including phenoxy) is 2. The number of hydrogen-bond acceptors (Lipinski definition) is 4. The maximum Gasteiger partial charge on any atom is 0.161 e. The van der Waals surface area contributed by atoms with Gasteiger partial charge in [-0.3, -0.25) is 4.79 Å². The number of ketones is 1. The van der Waals surface area contributed by atoms with Gasteiger partial charge in [0.1, 0.15) is 5.78 Å². The van der Waals surface area contributed by atoms with Crippen molar-refractivity contribution < 1.29 is 19.4 Å². The molecule has 27 heavy (non-hydrogen) atoms. The number of rotatable bonds is 6. The molecule has 0 aliphatic heterocycles. The number of benzene rings is 1. The maximum atomic E-state index is 12.6. The van der Waals surface area contributed by atoms with E-state index in [4.69, 9.17) is 9.47 Å². The molecule has 0 bridgehead atoms. The Kier molecular flexibility index (Phi) is 8.34. The molecule has 2 atom stereocenters. The Hall–Kier alpha value is -1.55. The van der Waals surface area contributed by atoms with Gasteiger partial charge in [-0.2, -0.15) is 0 Å². The van der Waals surface area contributed by atoms with Crippen LogP contribution in [0.3, 0.4) is 0 Å². The van der Waals surface area contributed by atoms with Gasteiger partial charge in [0.25, 0.3) is 0 Å². The van der Waals surface area contributed by atoms with Crippen LogP contribution in [0.1, 0.15) is 77.8 Å². The molecule has 1 fully saturated rings. The molecular formula is C23H38O4. The van der Waals surface area contributed by atoms with E-state index in [1.54, 1.807) is 20.3 Å². The first-order chi connectivity index (χ1) is 12.8. The number of phenols is 1. The van der Waals surface area contributed by atoms with Crippen molar-refractivity contribution in [1.82, 2.24) is 0 Å². The van der Waals surface area contributed by atoms with Gasteiger partial charge in [0, 0.05) is 30.9 Å². The van der Waals surface area contributed by atoms with Crippen LogP contribution in [-0.2, 0) is 14.9 Å². The molecule has 4 heteroatoms. The predicted octanol–water partition coefficient (Wildman–Crippen LogP) is 5.57. The lowest BCUT2D eigenvalue weighted by Gasteiger charge is -2.55. The van der Waals surface area contributed by atoms with Gasteiger partial charge in [-0.05, 0) is 37.3 Å². The fourth-order valence-electron chi connectivity index (χ4n) is 5.11. The summed E-state index contributed by atoms with van der Waals surface area (Å²) in [5, 5.41) is 11.0. The minimum atomic E-state index is -0.553. The predicted molar refractivity (Wildman–Crippen MR) is 111 cm³/mol. The van der Waals surface area contributed by atoms with Gasteiger partial charge >= 0.3 is 0 Å². The van der Waals surface area contributed by atoms with E-state index < -0.39 is 11.0 Å². The van der Waals surface area contributed by atoms with Crippen molar-refractivity contribution in [2.24, 2.45) is 5.92 Å². The van der Waals surface area contributed by atoms with E-state index in [2.05, 4.69) is 20.8 Å². The Labute approximate surface area is 165 Å². The zero-order chi connectivity index (χ0) is 20.8. The molecule has 1 aliphatic carbocycles. The second-order valence-corrected chi connectivity index (χ2v) is 7.60. The summed E-state index contributed by atoms with van der Waals surface area (Å²) in [4.78, 5) is 12.6. The Morgan fingerprint density at radius 3 is 2.33 bits per heavy atom. The van der Waals surface area contributed by atoms with Crippen molar-refractivity contribution >= 4 is 5.78 Å². The second-order valence-electron chi connectivity index (χ2n) is 7.60. The minimum Gasteiger partial charge on any atom is -0.504 e. The van der Waals surface area contributed by atoms with E-state index in [1.165, 1.54) is 0 Å². The number of methoxy groups -OCH3 is 2. The first kappa shape index (κ1) is 23.5. The molecule has 154 valence electrons. The van der Waals surface area contributed by atoms with Gasteiger partial charge in [0.15, 0.2) is 11.5 Å². The quantitative estimate of drug-likeness (QED) is 0.703. The average Bonchev–Trinajstić information content (AvgIpc) is 2.64. The van der Waals surface area contributed by atoms with Crippen LogP contribution in [0, 0.1) is 12.8 Å². The van der Waals surface area contributed by atoms with E-state index in [0.29, 0.717) is 25.0 Å². The van der Waals surface area contributed by atoms with Crippen LogP contribution in [0.5, 0.6) is 11.5 Å². The first-order valence-corrected chi connectivity index (χ1v) is 10.2. The largest absolute Gasteiger partial charge is 0.504 e. The zero-order valence-electron chi connectivity index (χ0n) is 18.4. The molecule has 0 amide bonds. The Morgan fingerprint density at radius 2 is 1.85 bits per heavy atom. The smallest absolute Gasteiger partial charge is 0.161 e. The van der Waals surface area contributed by atoms with E-state index in [-0.39, 0.29) is 17.5 Å². The summed E-state index contributed by atoms with van der Waals surface area (Å²) in [7, 11) is 3.30. The summed E-state index contributed by atoms with van der Waals surface area (Å²) in [5.41, 5.74) is 0.745. The summed E-state index contributed by atoms with van der Waals surface area (Å²) in [6, 6.07) is 3.74. The number of aromatic hydroxyl groups is 1. The van der Waals surface area contributed by atoms with Gasteiger partial charge in [-0.15, -0.1) is 0 Å². The highest BCUT2D eigenvalue weighted by Crippen LogP contribution is 2.57. The molecule has 0 aromatic heterocycles. The van der Waals surface area contributed by atoms with Gasteiger partial charge in [-0.1, -0.05) is 47.1 Å². The summed E-state index contributed by atoms with van der Waals surface area (Å²) in [6.45, 7) is 12.4. The van der Waals surface area contributed by atoms with E-state index in [0.717, 1.165) is 24.0 Å². The second kappa shape index (κ2) is 9.59. The number of carbonyl (C=O) groups excluding carboxylic acids is 1. The molecule has 1 aromatic carbocycles. The molecule has 1 saturated carbocycles. The molecule has 0 heterocycles. The van der Waals surface area contributed by atoms with Gasteiger partial charge < -0.3 is 14.6 Å². The van der Waals surface area contributed by atoms with Gasteiger partial charge in [0.05, 0.1) is 12.7 Å². The normalized spacial score (nSPS) is 25.1. The third-order valence-electron chi connectivity index (χ3n) is 6.11. The number of phenolic OH excluding ortho intramolecular Hbond substituents is 1. The van der Waals surface area contributed by atoms with Crippen LogP contribution in [0.25, 0.3) is 0 Å². The lowest BCUT2D eigenvalue weighted by atomic mass is 9.53. The SMILES string of the molecule is CC.CCCC1(c2c(C)ccc(OC)c2O)CC(=O)CCC1(OC)C(C)C. The molecule has 1 N–H and O–H groups in total. The summed E-state index contributed by atoms with van der Waals surface area (Å²) < 4.78 is 11.6. The number of Topliss-reactive ketones (excluding diaryl/α,β-unsaturated/α-hetero) is 1. The molecule has 2 rings (SSSR count). The topological polar surface area (TPSA) is 55.8 Å². The van der Waals surface area contributed by atoms with Crippen LogP contribution >= 0.6 is 0 Å². The fraction of sp³-hybridized carbons (Fsp3) is 0.696. The van der Waals surface area contributed by atoms with Crippen molar-refractivity contribution in [3.8, 4) is 11.5 Å². The van der Waals surface area contributed by atoms with Crippen molar-refractivity contribution in [3.05, 3.63) is 23.3 Å². The lowest BCUT2D eigenvalue weighted by Crippen LogP contribution is -2.60. The lowest BCUT2D eigenvalue weighted by molar-refractivity contribution is -0.154. The van der Waals surface area contributed by atoms with E-state index >= 15 is 0 Å². The monoisotopic (exact) mass is 378 g/mol. The molecule has 1 aromatic rings. The molecule has 0 saturated heterocycles. The highest BCUT2D eigenvalue weighted by atomic mass is 16.5. The Morgan fingerprint density at radius 1 is 1.22 bits per heavy atom. The number of aryl methyl sites for hydroxylation is 1. The van der Waals surface area contributed by atoms with Crippen LogP contribution in [0.4, 0.5) is 0 Å². The van der Waals surface area contributed by atoms with Crippen LogP contribution in [0.15, 0.2) is 12.1 Å². The van der Waals surface area contributed by atoms with Crippen molar-refractivity contribution in [1.29, 1.82) is 0 Å². The molecule has 1 aliphatic rings. The Bertz CT molecular complexity index is 638. The summed E-state index contributed by atoms with van der Waals surface area (Å²) >= 11 is 0. The molecule has 0 spiro atoms. The number of carbonyl (C=O) groups is 1. The molecule has 4 nitrogen and oxygen atoms in total.